The van der Waals surface area contributed by atoms with E-state index in [-0.39, 0.29) is 29.3 Å². The van der Waals surface area contributed by atoms with E-state index >= 15 is 0 Å². The number of halogens is 2. The molecule has 0 aliphatic heterocycles. The summed E-state index contributed by atoms with van der Waals surface area (Å²) in [6.45, 7) is 0.0910. The zero-order chi connectivity index (χ0) is 14.5. The molecule has 0 radical (unpaired) electrons. The molecule has 0 aliphatic rings. The third kappa shape index (κ3) is 3.45. The van der Waals surface area contributed by atoms with Crippen LogP contribution in [0.25, 0.3) is 0 Å². The number of pyridine rings is 1. The summed E-state index contributed by atoms with van der Waals surface area (Å²) in [5.41, 5.74) is 0.714. The number of methoxy groups -OCH3 is 1. The third-order valence-corrected chi connectivity index (χ3v) is 2.83. The highest BCUT2D eigenvalue weighted by Gasteiger charge is 2.10. The average Bonchev–Trinajstić information content (AvgIpc) is 2.45. The van der Waals surface area contributed by atoms with E-state index in [1.54, 1.807) is 18.2 Å². The van der Waals surface area contributed by atoms with Gasteiger partial charge in [0, 0.05) is 23.7 Å². The monoisotopic (exact) mass is 294 g/mol. The number of nitrogens with one attached hydrogen (secondary N) is 1. The highest BCUT2D eigenvalue weighted by atomic mass is 35.5. The predicted molar refractivity (Wildman–Crippen MR) is 73.4 cm³/mol. The molecule has 104 valence electrons. The number of amides is 1. The van der Waals surface area contributed by atoms with Crippen molar-refractivity contribution >= 4 is 17.5 Å². The lowest BCUT2D eigenvalue weighted by atomic mass is 10.2. The minimum atomic E-state index is -0.379. The van der Waals surface area contributed by atoms with Gasteiger partial charge in [-0.05, 0) is 12.1 Å². The molecule has 1 aromatic heterocycles. The molecule has 0 unspecified atom stereocenters. The lowest BCUT2D eigenvalue weighted by Gasteiger charge is -2.07. The Morgan fingerprint density at radius 1 is 1.40 bits per heavy atom. The molecule has 0 atom stereocenters. The standard InChI is InChI=1S/C14H12ClFN2O2/c1-20-13-7-10(6-12(15)18-13)14(19)17-8-9-4-2-3-5-11(9)16/h2-7H,8H2,1H3,(H,17,19). The Bertz CT molecular complexity index is 634. The number of carbonyl (C=O) groups is 1. The van der Waals surface area contributed by atoms with Gasteiger partial charge in [0.2, 0.25) is 5.88 Å². The maximum atomic E-state index is 13.4. The Morgan fingerprint density at radius 2 is 2.15 bits per heavy atom. The highest BCUT2D eigenvalue weighted by molar-refractivity contribution is 6.29. The molecule has 6 heteroatoms. The van der Waals surface area contributed by atoms with Gasteiger partial charge in [-0.15, -0.1) is 0 Å². The van der Waals surface area contributed by atoms with Gasteiger partial charge in [-0.3, -0.25) is 4.79 Å². The van der Waals surface area contributed by atoms with Gasteiger partial charge in [-0.1, -0.05) is 29.8 Å². The van der Waals surface area contributed by atoms with Crippen molar-refractivity contribution in [3.63, 3.8) is 0 Å². The largest absolute Gasteiger partial charge is 0.481 e. The van der Waals surface area contributed by atoms with Crippen molar-refractivity contribution < 1.29 is 13.9 Å². The zero-order valence-corrected chi connectivity index (χ0v) is 11.4. The van der Waals surface area contributed by atoms with Crippen molar-refractivity contribution in [3.05, 3.63) is 58.5 Å². The molecule has 0 bridgehead atoms. The van der Waals surface area contributed by atoms with Crippen LogP contribution in [0.1, 0.15) is 15.9 Å². The van der Waals surface area contributed by atoms with Gasteiger partial charge < -0.3 is 10.1 Å². The minimum absolute atomic E-state index is 0.0910. The first-order valence-corrected chi connectivity index (χ1v) is 6.21. The number of nitrogens with zero attached hydrogens (tertiary/aromatic N) is 1. The predicted octanol–water partition coefficient (Wildman–Crippen LogP) is 2.81. The summed E-state index contributed by atoms with van der Waals surface area (Å²) >= 11 is 5.78. The van der Waals surface area contributed by atoms with Gasteiger partial charge in [-0.2, -0.15) is 0 Å². The van der Waals surface area contributed by atoms with E-state index in [1.807, 2.05) is 0 Å². The molecule has 1 aromatic carbocycles. The quantitative estimate of drug-likeness (QED) is 0.882. The fourth-order valence-electron chi connectivity index (χ4n) is 1.63. The van der Waals surface area contributed by atoms with Crippen molar-refractivity contribution in [2.24, 2.45) is 0 Å². The number of aromatic nitrogens is 1. The van der Waals surface area contributed by atoms with Gasteiger partial charge in [0.25, 0.3) is 5.91 Å². The lowest BCUT2D eigenvalue weighted by Crippen LogP contribution is -2.23. The Labute approximate surface area is 120 Å². The van der Waals surface area contributed by atoms with Crippen LogP contribution in [0.15, 0.2) is 36.4 Å². The van der Waals surface area contributed by atoms with Crippen LogP contribution in [0, 0.1) is 5.82 Å². The molecular formula is C14H12ClFN2O2. The Kier molecular flexibility index (Phi) is 4.53. The first-order chi connectivity index (χ1) is 9.60. The summed E-state index contributed by atoms with van der Waals surface area (Å²) in [5, 5.41) is 2.77. The van der Waals surface area contributed by atoms with Crippen molar-refractivity contribution in [3.8, 4) is 5.88 Å². The van der Waals surface area contributed by atoms with Crippen molar-refractivity contribution in [2.45, 2.75) is 6.54 Å². The van der Waals surface area contributed by atoms with Crippen LogP contribution in [-0.4, -0.2) is 18.0 Å². The van der Waals surface area contributed by atoms with Gasteiger partial charge >= 0.3 is 0 Å². The second-order valence-electron chi connectivity index (χ2n) is 3.99. The second-order valence-corrected chi connectivity index (χ2v) is 4.38. The van der Waals surface area contributed by atoms with Crippen LogP contribution < -0.4 is 10.1 Å². The molecule has 1 heterocycles. The van der Waals surface area contributed by atoms with Crippen LogP contribution in [0.4, 0.5) is 4.39 Å². The molecule has 0 saturated carbocycles. The van der Waals surface area contributed by atoms with Gasteiger partial charge in [0.05, 0.1) is 7.11 Å². The molecule has 20 heavy (non-hydrogen) atoms. The van der Waals surface area contributed by atoms with E-state index < -0.39 is 0 Å². The fourth-order valence-corrected chi connectivity index (χ4v) is 1.83. The summed E-state index contributed by atoms with van der Waals surface area (Å²) in [4.78, 5) is 15.8. The summed E-state index contributed by atoms with van der Waals surface area (Å²) in [6, 6.07) is 9.12. The number of carbonyl (C=O) groups excluding carboxylic acids is 1. The SMILES string of the molecule is COc1cc(C(=O)NCc2ccccc2F)cc(Cl)n1. The van der Waals surface area contributed by atoms with E-state index in [1.165, 1.54) is 25.3 Å². The first kappa shape index (κ1) is 14.3. The summed E-state index contributed by atoms with van der Waals surface area (Å²) in [5.74, 6) is -0.498. The zero-order valence-electron chi connectivity index (χ0n) is 10.7. The molecule has 0 spiro atoms. The van der Waals surface area contributed by atoms with E-state index in [0.717, 1.165) is 0 Å². The van der Waals surface area contributed by atoms with E-state index in [2.05, 4.69) is 10.3 Å². The van der Waals surface area contributed by atoms with E-state index in [0.29, 0.717) is 11.1 Å². The summed E-state index contributed by atoms with van der Waals surface area (Å²) < 4.78 is 18.4. The molecule has 4 nitrogen and oxygen atoms in total. The first-order valence-electron chi connectivity index (χ1n) is 5.83. The van der Waals surface area contributed by atoms with Gasteiger partial charge in [0.15, 0.2) is 0 Å². The molecule has 0 fully saturated rings. The molecule has 2 aromatic rings. The van der Waals surface area contributed by atoms with Crippen LogP contribution in [0.3, 0.4) is 0 Å². The summed E-state index contributed by atoms with van der Waals surface area (Å²) in [7, 11) is 1.43. The number of rotatable bonds is 4. The van der Waals surface area contributed by atoms with Crippen molar-refractivity contribution in [1.29, 1.82) is 0 Å². The third-order valence-electron chi connectivity index (χ3n) is 2.64. The molecule has 2 rings (SSSR count). The van der Waals surface area contributed by atoms with E-state index in [9.17, 15) is 9.18 Å². The maximum Gasteiger partial charge on any atom is 0.251 e. The Morgan fingerprint density at radius 3 is 2.85 bits per heavy atom. The van der Waals surface area contributed by atoms with Crippen LogP contribution >= 0.6 is 11.6 Å². The number of ether oxygens (including phenoxy) is 1. The molecule has 0 saturated heterocycles. The van der Waals surface area contributed by atoms with Crippen LogP contribution in [-0.2, 0) is 6.54 Å². The van der Waals surface area contributed by atoms with Gasteiger partial charge in [-0.25, -0.2) is 9.37 Å². The lowest BCUT2D eigenvalue weighted by molar-refractivity contribution is 0.0950. The average molecular weight is 295 g/mol. The minimum Gasteiger partial charge on any atom is -0.481 e. The number of hydrogen-bond acceptors (Lipinski definition) is 3. The molecule has 0 aliphatic carbocycles. The number of hydrogen-bond donors (Lipinski definition) is 1. The molecule has 1 N–H and O–H groups in total. The van der Waals surface area contributed by atoms with Crippen LogP contribution in [0.5, 0.6) is 5.88 Å². The maximum absolute atomic E-state index is 13.4. The normalized spacial score (nSPS) is 10.2. The second kappa shape index (κ2) is 6.34. The summed E-state index contributed by atoms with van der Waals surface area (Å²) in [6.07, 6.45) is 0. The highest BCUT2D eigenvalue weighted by Crippen LogP contribution is 2.16. The Hall–Kier alpha value is -2.14. The van der Waals surface area contributed by atoms with Crippen molar-refractivity contribution in [1.82, 2.24) is 10.3 Å². The van der Waals surface area contributed by atoms with Crippen LogP contribution in [0.2, 0.25) is 5.15 Å². The molecule has 1 amide bonds. The fraction of sp³-hybridized carbons (Fsp3) is 0.143. The van der Waals surface area contributed by atoms with Gasteiger partial charge in [0.1, 0.15) is 11.0 Å². The Balaban J connectivity index is 2.09. The van der Waals surface area contributed by atoms with Crippen molar-refractivity contribution in [2.75, 3.05) is 7.11 Å². The smallest absolute Gasteiger partial charge is 0.251 e. The number of benzene rings is 1. The topological polar surface area (TPSA) is 51.2 Å². The van der Waals surface area contributed by atoms with E-state index in [4.69, 9.17) is 16.3 Å². The molecular weight excluding hydrogens is 283 g/mol.